The van der Waals surface area contributed by atoms with Gasteiger partial charge in [0.2, 0.25) is 11.8 Å². The summed E-state index contributed by atoms with van der Waals surface area (Å²) in [6, 6.07) is 9.53. The summed E-state index contributed by atoms with van der Waals surface area (Å²) in [5.74, 6) is 0.253. The molecule has 2 unspecified atom stereocenters. The SMILES string of the molecule is O=C(CCSc1ccccc1)NCCN1C(=O)NC2NCCCC2C1=O. The van der Waals surface area contributed by atoms with Crippen molar-refractivity contribution in [1.29, 1.82) is 0 Å². The number of carbonyl (C=O) groups is 3. The van der Waals surface area contributed by atoms with Crippen LogP contribution < -0.4 is 16.0 Å². The molecule has 0 spiro atoms. The molecule has 1 aromatic carbocycles. The fraction of sp³-hybridized carbons (Fsp3) is 0.500. The lowest BCUT2D eigenvalue weighted by atomic mass is 9.93. The van der Waals surface area contributed by atoms with Gasteiger partial charge in [-0.2, -0.15) is 0 Å². The fourth-order valence-corrected chi connectivity index (χ4v) is 4.08. The molecular weight excluding hydrogens is 352 g/mol. The maximum Gasteiger partial charge on any atom is 0.325 e. The molecule has 8 heteroatoms. The average Bonchev–Trinajstić information content (AvgIpc) is 2.65. The predicted octanol–water partition coefficient (Wildman–Crippen LogP) is 1.16. The summed E-state index contributed by atoms with van der Waals surface area (Å²) < 4.78 is 0. The zero-order valence-electron chi connectivity index (χ0n) is 14.6. The smallest absolute Gasteiger partial charge is 0.325 e. The standard InChI is InChI=1S/C18H24N4O3S/c23-15(8-12-26-13-5-2-1-3-6-13)19-10-11-22-17(24)14-7-4-9-20-16(14)21-18(22)25/h1-3,5-6,14,16,20H,4,7-12H2,(H,19,23)(H,21,25). The second-order valence-electron chi connectivity index (χ2n) is 6.38. The van der Waals surface area contributed by atoms with Crippen LogP contribution in [0, 0.1) is 5.92 Å². The number of hydrogen-bond acceptors (Lipinski definition) is 5. The molecule has 0 bridgehead atoms. The Labute approximate surface area is 157 Å². The summed E-state index contributed by atoms with van der Waals surface area (Å²) >= 11 is 1.63. The molecule has 26 heavy (non-hydrogen) atoms. The van der Waals surface area contributed by atoms with E-state index in [0.717, 1.165) is 24.3 Å². The van der Waals surface area contributed by atoms with E-state index in [-0.39, 0.29) is 43.0 Å². The first-order valence-electron chi connectivity index (χ1n) is 8.95. The summed E-state index contributed by atoms with van der Waals surface area (Å²) in [5, 5.41) is 8.78. The lowest BCUT2D eigenvalue weighted by Gasteiger charge is -2.40. The van der Waals surface area contributed by atoms with Crippen LogP contribution in [-0.2, 0) is 9.59 Å². The van der Waals surface area contributed by atoms with E-state index in [1.54, 1.807) is 11.8 Å². The number of urea groups is 1. The molecular formula is C18H24N4O3S. The highest BCUT2D eigenvalue weighted by Gasteiger charge is 2.41. The minimum Gasteiger partial charge on any atom is -0.354 e. The molecule has 140 valence electrons. The highest BCUT2D eigenvalue weighted by molar-refractivity contribution is 7.99. The van der Waals surface area contributed by atoms with E-state index in [9.17, 15) is 14.4 Å². The van der Waals surface area contributed by atoms with Crippen LogP contribution in [0.15, 0.2) is 35.2 Å². The normalized spacial score (nSPS) is 22.5. The number of carbonyl (C=O) groups excluding carboxylic acids is 3. The van der Waals surface area contributed by atoms with E-state index in [4.69, 9.17) is 0 Å². The number of thioether (sulfide) groups is 1. The number of imide groups is 1. The molecule has 3 N–H and O–H groups in total. The molecule has 3 rings (SSSR count). The van der Waals surface area contributed by atoms with Gasteiger partial charge in [-0.25, -0.2) is 4.79 Å². The maximum absolute atomic E-state index is 12.5. The third-order valence-electron chi connectivity index (χ3n) is 4.56. The Balaban J connectivity index is 1.37. The van der Waals surface area contributed by atoms with Gasteiger partial charge in [0.1, 0.15) is 0 Å². The zero-order chi connectivity index (χ0) is 18.4. The monoisotopic (exact) mass is 376 g/mol. The molecule has 2 saturated heterocycles. The third-order valence-corrected chi connectivity index (χ3v) is 5.58. The van der Waals surface area contributed by atoms with Gasteiger partial charge in [-0.05, 0) is 31.5 Å². The van der Waals surface area contributed by atoms with Crippen LogP contribution >= 0.6 is 11.8 Å². The van der Waals surface area contributed by atoms with Crippen LogP contribution in [0.5, 0.6) is 0 Å². The van der Waals surface area contributed by atoms with Crippen molar-refractivity contribution < 1.29 is 14.4 Å². The number of nitrogens with zero attached hydrogens (tertiary/aromatic N) is 1. The highest BCUT2D eigenvalue weighted by atomic mass is 32.2. The second-order valence-corrected chi connectivity index (χ2v) is 7.55. The van der Waals surface area contributed by atoms with Gasteiger partial charge in [0.05, 0.1) is 12.1 Å². The molecule has 2 atom stereocenters. The Hall–Kier alpha value is -2.06. The molecule has 2 aliphatic heterocycles. The topological polar surface area (TPSA) is 90.5 Å². The molecule has 7 nitrogen and oxygen atoms in total. The van der Waals surface area contributed by atoms with Gasteiger partial charge in [-0.1, -0.05) is 18.2 Å². The van der Waals surface area contributed by atoms with Crippen LogP contribution in [0.1, 0.15) is 19.3 Å². The van der Waals surface area contributed by atoms with Gasteiger partial charge in [-0.15, -0.1) is 11.8 Å². The van der Waals surface area contributed by atoms with Crippen LogP contribution in [0.3, 0.4) is 0 Å². The predicted molar refractivity (Wildman–Crippen MR) is 99.6 cm³/mol. The van der Waals surface area contributed by atoms with Gasteiger partial charge < -0.3 is 10.6 Å². The number of rotatable bonds is 7. The van der Waals surface area contributed by atoms with Crippen molar-refractivity contribution in [3.05, 3.63) is 30.3 Å². The molecule has 2 heterocycles. The molecule has 2 aliphatic rings. The molecule has 4 amide bonds. The summed E-state index contributed by atoms with van der Waals surface area (Å²) in [6.45, 7) is 1.29. The van der Waals surface area contributed by atoms with Crippen LogP contribution in [-0.4, -0.2) is 54.3 Å². The van der Waals surface area contributed by atoms with E-state index in [1.807, 2.05) is 30.3 Å². The number of fused-ring (bicyclic) bond motifs is 1. The highest BCUT2D eigenvalue weighted by Crippen LogP contribution is 2.21. The number of nitrogens with one attached hydrogen (secondary N) is 3. The minimum atomic E-state index is -0.389. The van der Waals surface area contributed by atoms with Crippen molar-refractivity contribution in [3.63, 3.8) is 0 Å². The van der Waals surface area contributed by atoms with Crippen molar-refractivity contribution in [1.82, 2.24) is 20.9 Å². The number of piperidine rings is 1. The first-order chi connectivity index (χ1) is 12.6. The Morgan fingerprint density at radius 2 is 2.08 bits per heavy atom. The van der Waals surface area contributed by atoms with E-state index in [2.05, 4.69) is 16.0 Å². The molecule has 1 aromatic rings. The summed E-state index contributed by atoms with van der Waals surface area (Å²) in [5.41, 5.74) is 0. The maximum atomic E-state index is 12.5. The van der Waals surface area contributed by atoms with E-state index >= 15 is 0 Å². The van der Waals surface area contributed by atoms with Gasteiger partial charge in [0.25, 0.3) is 0 Å². The first-order valence-corrected chi connectivity index (χ1v) is 9.93. The summed E-state index contributed by atoms with van der Waals surface area (Å²) in [7, 11) is 0. The van der Waals surface area contributed by atoms with Crippen LogP contribution in [0.25, 0.3) is 0 Å². The molecule has 0 radical (unpaired) electrons. The molecule has 0 saturated carbocycles. The lowest BCUT2D eigenvalue weighted by molar-refractivity contribution is -0.137. The van der Waals surface area contributed by atoms with Crippen molar-refractivity contribution in [2.24, 2.45) is 5.92 Å². The Morgan fingerprint density at radius 1 is 1.27 bits per heavy atom. The Morgan fingerprint density at radius 3 is 2.88 bits per heavy atom. The molecule has 2 fully saturated rings. The van der Waals surface area contributed by atoms with Gasteiger partial charge >= 0.3 is 6.03 Å². The molecule has 0 aromatic heterocycles. The van der Waals surface area contributed by atoms with E-state index in [1.165, 1.54) is 4.90 Å². The van der Waals surface area contributed by atoms with Crippen molar-refractivity contribution in [3.8, 4) is 0 Å². The molecule has 0 aliphatic carbocycles. The zero-order valence-corrected chi connectivity index (χ0v) is 15.4. The van der Waals surface area contributed by atoms with E-state index in [0.29, 0.717) is 12.2 Å². The largest absolute Gasteiger partial charge is 0.354 e. The minimum absolute atomic E-state index is 0.0736. The Kier molecular flexibility index (Phi) is 6.51. The van der Waals surface area contributed by atoms with Gasteiger partial charge in [0.15, 0.2) is 0 Å². The lowest BCUT2D eigenvalue weighted by Crippen LogP contribution is -2.66. The fourth-order valence-electron chi connectivity index (χ4n) is 3.20. The number of amides is 4. The van der Waals surface area contributed by atoms with Gasteiger partial charge in [0, 0.05) is 30.2 Å². The number of hydrogen-bond donors (Lipinski definition) is 3. The quantitative estimate of drug-likeness (QED) is 0.622. The van der Waals surface area contributed by atoms with Crippen molar-refractivity contribution in [2.45, 2.75) is 30.3 Å². The van der Waals surface area contributed by atoms with Crippen LogP contribution in [0.2, 0.25) is 0 Å². The first kappa shape index (κ1) is 18.7. The number of benzene rings is 1. The average molecular weight is 376 g/mol. The Bertz CT molecular complexity index is 655. The third kappa shape index (κ3) is 4.76. The van der Waals surface area contributed by atoms with Crippen molar-refractivity contribution >= 4 is 29.6 Å². The summed E-state index contributed by atoms with van der Waals surface area (Å²) in [6.07, 6.45) is 1.83. The van der Waals surface area contributed by atoms with Gasteiger partial charge in [-0.3, -0.25) is 19.8 Å². The van der Waals surface area contributed by atoms with Crippen molar-refractivity contribution in [2.75, 3.05) is 25.4 Å². The van der Waals surface area contributed by atoms with E-state index < -0.39 is 0 Å². The second kappa shape index (κ2) is 9.05. The van der Waals surface area contributed by atoms with Crippen LogP contribution in [0.4, 0.5) is 4.79 Å². The summed E-state index contributed by atoms with van der Waals surface area (Å²) in [4.78, 5) is 38.9.